The van der Waals surface area contributed by atoms with Gasteiger partial charge in [-0.2, -0.15) is 0 Å². The van der Waals surface area contributed by atoms with E-state index in [1.807, 2.05) is 41.8 Å². The van der Waals surface area contributed by atoms with Crippen LogP contribution in [-0.4, -0.2) is 0 Å². The molecule has 0 aromatic heterocycles. The lowest BCUT2D eigenvalue weighted by atomic mass is 9.66. The van der Waals surface area contributed by atoms with Crippen LogP contribution in [0.15, 0.2) is 122 Å². The van der Waals surface area contributed by atoms with Gasteiger partial charge >= 0.3 is 0 Å². The molecule has 0 saturated carbocycles. The first kappa shape index (κ1) is 30.5. The molecule has 0 aliphatic heterocycles. The maximum absolute atomic E-state index is 4.09. The first-order chi connectivity index (χ1) is 20.1. The molecule has 0 saturated heterocycles. The van der Waals surface area contributed by atoms with Gasteiger partial charge in [-0.25, -0.2) is 0 Å². The Morgan fingerprint density at radius 1 is 0.810 bits per heavy atom. The number of thiol groups is 1. The Morgan fingerprint density at radius 2 is 1.43 bits per heavy atom. The van der Waals surface area contributed by atoms with Crippen LogP contribution in [0.3, 0.4) is 0 Å². The summed E-state index contributed by atoms with van der Waals surface area (Å²) in [6, 6.07) is 24.9. The molecule has 2 aliphatic rings. The van der Waals surface area contributed by atoms with Crippen LogP contribution in [0.5, 0.6) is 0 Å². The zero-order chi connectivity index (χ0) is 30.0. The molecule has 3 heteroatoms. The summed E-state index contributed by atoms with van der Waals surface area (Å²) in [5.74, 6) is 13.8. The van der Waals surface area contributed by atoms with Gasteiger partial charge in [0, 0.05) is 53.8 Å². The second-order valence-corrected chi connectivity index (χ2v) is 14.7. The third-order valence-electron chi connectivity index (χ3n) is 8.29. The van der Waals surface area contributed by atoms with Crippen molar-refractivity contribution < 1.29 is 0 Å². The summed E-state index contributed by atoms with van der Waals surface area (Å²) in [7, 11) is 0. The van der Waals surface area contributed by atoms with E-state index < -0.39 is 0 Å². The minimum Gasteiger partial charge on any atom is -0.0622 e. The van der Waals surface area contributed by atoms with Crippen LogP contribution in [0, 0.1) is 29.1 Å². The van der Waals surface area contributed by atoms with E-state index in [0.717, 1.165) is 55.8 Å². The topological polar surface area (TPSA) is 0 Å². The number of rotatable bonds is 4. The Labute approximate surface area is 272 Å². The first-order valence-electron chi connectivity index (χ1n) is 14.1. The van der Waals surface area contributed by atoms with E-state index in [0.29, 0.717) is 0 Å². The highest BCUT2D eigenvalue weighted by Gasteiger charge is 2.50. The Bertz CT molecular complexity index is 1740. The van der Waals surface area contributed by atoms with Gasteiger partial charge in [-0.05, 0) is 103 Å². The SMILES string of the molecule is C=C[SH+]C=CC1(C)C=C(C#Cc2ccccc2)C(Br)=C(C2(C)CC(C)(C)c3ccc(C#Cc4ccccc4)c(Br)c32)C1. The lowest BCUT2D eigenvalue weighted by molar-refractivity contribution is 0.387. The Hall–Kier alpha value is -2.95. The van der Waals surface area contributed by atoms with Gasteiger partial charge in [0.1, 0.15) is 10.8 Å². The number of allylic oxidation sites excluding steroid dienone is 5. The predicted molar refractivity (Wildman–Crippen MR) is 190 cm³/mol. The van der Waals surface area contributed by atoms with Crippen LogP contribution in [-0.2, 0) is 22.6 Å². The van der Waals surface area contributed by atoms with Gasteiger partial charge in [-0.15, -0.1) is 0 Å². The molecule has 0 spiro atoms. The van der Waals surface area contributed by atoms with E-state index in [4.69, 9.17) is 0 Å². The molecule has 2 atom stereocenters. The van der Waals surface area contributed by atoms with Gasteiger partial charge < -0.3 is 0 Å². The Kier molecular flexibility index (Phi) is 8.97. The van der Waals surface area contributed by atoms with Crippen LogP contribution >= 0.6 is 31.9 Å². The highest BCUT2D eigenvalue weighted by molar-refractivity contribution is 9.12. The molecule has 0 heterocycles. The fourth-order valence-electron chi connectivity index (χ4n) is 6.40. The molecule has 0 fully saturated rings. The van der Waals surface area contributed by atoms with Gasteiger partial charge in [0.15, 0.2) is 0 Å². The van der Waals surface area contributed by atoms with Crippen LogP contribution in [0.2, 0.25) is 0 Å². The summed E-state index contributed by atoms with van der Waals surface area (Å²) in [6.45, 7) is 13.4. The van der Waals surface area contributed by atoms with Gasteiger partial charge in [0.05, 0.1) is 0 Å². The van der Waals surface area contributed by atoms with Crippen molar-refractivity contribution in [3.8, 4) is 23.7 Å². The number of fused-ring (bicyclic) bond motifs is 1. The predicted octanol–water partition coefficient (Wildman–Crippen LogP) is 10.3. The zero-order valence-electron chi connectivity index (χ0n) is 24.6. The summed E-state index contributed by atoms with van der Waals surface area (Å²) in [5.41, 5.74) is 7.77. The van der Waals surface area contributed by atoms with Crippen LogP contribution in [0.4, 0.5) is 0 Å². The summed E-state index contributed by atoms with van der Waals surface area (Å²) in [4.78, 5) is 0. The largest absolute Gasteiger partial charge is 0.119 e. The Morgan fingerprint density at radius 3 is 2.05 bits per heavy atom. The van der Waals surface area contributed by atoms with Gasteiger partial charge in [0.2, 0.25) is 0 Å². The number of halogens is 2. The van der Waals surface area contributed by atoms with E-state index in [9.17, 15) is 0 Å². The van der Waals surface area contributed by atoms with Crippen molar-refractivity contribution in [2.24, 2.45) is 5.41 Å². The molecule has 5 rings (SSSR count). The fourth-order valence-corrected chi connectivity index (χ4v) is 8.62. The molecular weight excluding hydrogens is 660 g/mol. The molecule has 0 nitrogen and oxygen atoms in total. The van der Waals surface area contributed by atoms with Crippen molar-refractivity contribution in [1.29, 1.82) is 0 Å². The summed E-state index contributed by atoms with van der Waals surface area (Å²) in [5, 5.41) is 4.12. The standard InChI is InChI=1S/C39H34Br2S/c1-6-42-24-23-38(4)25-31(20-18-29-15-11-8-12-16-29)35(40)33(26-38)39(5)27-37(2,3)32-22-21-30(36(41)34(32)39)19-17-28-13-9-7-10-14-28/h6-16,21-25H,1,26-27H2,2-5H3/p+1. The molecule has 3 aromatic rings. The average Bonchev–Trinajstić information content (AvgIpc) is 3.20. The van der Waals surface area contributed by atoms with E-state index in [1.54, 1.807) is 0 Å². The van der Waals surface area contributed by atoms with Crippen LogP contribution in [0.1, 0.15) is 68.4 Å². The minimum absolute atomic E-state index is 0.00299. The first-order valence-corrected chi connectivity index (χ1v) is 16.8. The fraction of sp³-hybridized carbons (Fsp3) is 0.231. The lowest BCUT2D eigenvalue weighted by Crippen LogP contribution is -2.31. The van der Waals surface area contributed by atoms with E-state index >= 15 is 0 Å². The molecule has 2 unspecified atom stereocenters. The highest BCUT2D eigenvalue weighted by atomic mass is 79.9. The van der Waals surface area contributed by atoms with Crippen LogP contribution < -0.4 is 0 Å². The third kappa shape index (κ3) is 6.21. The third-order valence-corrected chi connectivity index (χ3v) is 10.6. The van der Waals surface area contributed by atoms with Gasteiger partial charge in [-0.3, -0.25) is 0 Å². The zero-order valence-corrected chi connectivity index (χ0v) is 28.6. The van der Waals surface area contributed by atoms with E-state index in [2.05, 4.69) is 144 Å². The molecule has 210 valence electrons. The van der Waals surface area contributed by atoms with Gasteiger partial charge in [-0.1, -0.05) is 106 Å². The molecule has 0 radical (unpaired) electrons. The van der Waals surface area contributed by atoms with Crippen molar-refractivity contribution in [3.63, 3.8) is 0 Å². The number of hydrogen-bond donors (Lipinski definition) is 0. The molecule has 0 bridgehead atoms. The average molecular weight is 696 g/mol. The summed E-state index contributed by atoms with van der Waals surface area (Å²) in [6.07, 6.45) is 6.54. The summed E-state index contributed by atoms with van der Waals surface area (Å²) >= 11 is 9.26. The second kappa shape index (κ2) is 12.3. The van der Waals surface area contributed by atoms with E-state index in [1.165, 1.54) is 16.7 Å². The maximum Gasteiger partial charge on any atom is 0.119 e. The van der Waals surface area contributed by atoms with Gasteiger partial charge in [0.25, 0.3) is 0 Å². The molecule has 0 N–H and O–H groups in total. The molecule has 2 aliphatic carbocycles. The lowest BCUT2D eigenvalue weighted by Gasteiger charge is -2.39. The van der Waals surface area contributed by atoms with Crippen molar-refractivity contribution in [1.82, 2.24) is 0 Å². The van der Waals surface area contributed by atoms with Crippen molar-refractivity contribution in [3.05, 3.63) is 150 Å². The normalized spacial score (nSPS) is 22.5. The highest BCUT2D eigenvalue weighted by Crippen LogP contribution is 2.60. The number of hydrogen-bond acceptors (Lipinski definition) is 0. The molecule has 42 heavy (non-hydrogen) atoms. The molecule has 0 amide bonds. The second-order valence-electron chi connectivity index (χ2n) is 12.2. The monoisotopic (exact) mass is 693 g/mol. The Balaban J connectivity index is 1.67. The smallest absolute Gasteiger partial charge is 0.0622 e. The van der Waals surface area contributed by atoms with Crippen molar-refractivity contribution in [2.75, 3.05) is 0 Å². The molecular formula is C39H35Br2S+. The minimum atomic E-state index is -0.222. The quantitative estimate of drug-likeness (QED) is 0.145. The van der Waals surface area contributed by atoms with Crippen molar-refractivity contribution in [2.45, 2.75) is 51.4 Å². The van der Waals surface area contributed by atoms with Crippen molar-refractivity contribution >= 4 is 43.6 Å². The van der Waals surface area contributed by atoms with Crippen LogP contribution in [0.25, 0.3) is 0 Å². The summed E-state index contributed by atoms with van der Waals surface area (Å²) < 4.78 is 2.20. The maximum atomic E-state index is 4.09. The molecule has 3 aromatic carbocycles. The number of benzene rings is 3. The van der Waals surface area contributed by atoms with E-state index in [-0.39, 0.29) is 16.2 Å².